The molecule has 1 aliphatic heterocycles. The van der Waals surface area contributed by atoms with Crippen LogP contribution in [0.5, 0.6) is 0 Å². The number of carbonyl (C=O) groups excluding carboxylic acids is 1. The average molecular weight is 310 g/mol. The summed E-state index contributed by atoms with van der Waals surface area (Å²) in [4.78, 5) is 29.8. The van der Waals surface area contributed by atoms with Crippen molar-refractivity contribution in [2.45, 2.75) is 38.6 Å². The van der Waals surface area contributed by atoms with Crippen molar-refractivity contribution < 1.29 is 4.79 Å². The summed E-state index contributed by atoms with van der Waals surface area (Å²) < 4.78 is 0. The zero-order valence-corrected chi connectivity index (χ0v) is 13.4. The fourth-order valence-electron chi connectivity index (χ4n) is 3.28. The number of aromatic amines is 1. The van der Waals surface area contributed by atoms with Gasteiger partial charge in [-0.05, 0) is 43.4 Å². The number of benzene rings is 1. The standard InChI is InChI=1S/C19H22N2O2/c1-2-15-10-6-7-13-21(15)19(23)16-11-12-17(20-18(16)22)14-8-4-3-5-9-14/h3-5,8-9,11-12,15H,2,6-7,10,13H2,1H3,(H,20,22)/t15-/m1/s1. The molecule has 1 saturated heterocycles. The summed E-state index contributed by atoms with van der Waals surface area (Å²) in [5.74, 6) is -0.141. The Balaban J connectivity index is 1.89. The molecule has 1 N–H and O–H groups in total. The topological polar surface area (TPSA) is 53.2 Å². The van der Waals surface area contributed by atoms with Gasteiger partial charge in [0.05, 0.1) is 0 Å². The van der Waals surface area contributed by atoms with E-state index in [-0.39, 0.29) is 23.1 Å². The van der Waals surface area contributed by atoms with E-state index in [0.717, 1.165) is 43.5 Å². The van der Waals surface area contributed by atoms with E-state index in [1.165, 1.54) is 0 Å². The molecule has 4 nitrogen and oxygen atoms in total. The van der Waals surface area contributed by atoms with Crippen LogP contribution < -0.4 is 5.56 Å². The van der Waals surface area contributed by atoms with E-state index < -0.39 is 0 Å². The molecular formula is C19H22N2O2. The van der Waals surface area contributed by atoms with Gasteiger partial charge < -0.3 is 9.88 Å². The normalized spacial score (nSPS) is 18.0. The second kappa shape index (κ2) is 6.82. The zero-order chi connectivity index (χ0) is 16.2. The highest BCUT2D eigenvalue weighted by atomic mass is 16.2. The summed E-state index contributed by atoms with van der Waals surface area (Å²) in [7, 11) is 0. The Kier molecular flexibility index (Phi) is 4.60. The Bertz CT molecular complexity index is 737. The van der Waals surface area contributed by atoms with Gasteiger partial charge in [0.25, 0.3) is 11.5 Å². The number of piperidine rings is 1. The molecule has 120 valence electrons. The largest absolute Gasteiger partial charge is 0.336 e. The first-order chi connectivity index (χ1) is 11.2. The van der Waals surface area contributed by atoms with Crippen LogP contribution in [0.15, 0.2) is 47.3 Å². The first kappa shape index (κ1) is 15.5. The van der Waals surface area contributed by atoms with Gasteiger partial charge in [-0.2, -0.15) is 0 Å². The zero-order valence-electron chi connectivity index (χ0n) is 13.4. The molecule has 1 aromatic carbocycles. The Labute approximate surface area is 136 Å². The first-order valence-corrected chi connectivity index (χ1v) is 8.30. The van der Waals surface area contributed by atoms with Crippen molar-refractivity contribution in [1.82, 2.24) is 9.88 Å². The van der Waals surface area contributed by atoms with Crippen LogP contribution in [0, 0.1) is 0 Å². The fraction of sp³-hybridized carbons (Fsp3) is 0.368. The molecule has 1 aliphatic rings. The monoisotopic (exact) mass is 310 g/mol. The lowest BCUT2D eigenvalue weighted by Crippen LogP contribution is -2.45. The van der Waals surface area contributed by atoms with Crippen LogP contribution >= 0.6 is 0 Å². The lowest BCUT2D eigenvalue weighted by molar-refractivity contribution is 0.0606. The van der Waals surface area contributed by atoms with Crippen LogP contribution in [0.2, 0.25) is 0 Å². The number of hydrogen-bond donors (Lipinski definition) is 1. The number of nitrogens with zero attached hydrogens (tertiary/aromatic N) is 1. The maximum Gasteiger partial charge on any atom is 0.261 e. The molecule has 0 spiro atoms. The van der Waals surface area contributed by atoms with Gasteiger partial charge in [-0.3, -0.25) is 9.59 Å². The van der Waals surface area contributed by atoms with Crippen molar-refractivity contribution in [3.63, 3.8) is 0 Å². The Morgan fingerprint density at radius 1 is 1.17 bits per heavy atom. The van der Waals surface area contributed by atoms with Crippen molar-refractivity contribution >= 4 is 5.91 Å². The van der Waals surface area contributed by atoms with Crippen molar-refractivity contribution in [1.29, 1.82) is 0 Å². The Morgan fingerprint density at radius 2 is 1.96 bits per heavy atom. The lowest BCUT2D eigenvalue weighted by Gasteiger charge is -2.35. The minimum Gasteiger partial charge on any atom is -0.336 e. The summed E-state index contributed by atoms with van der Waals surface area (Å²) in [5, 5.41) is 0. The molecule has 0 aliphatic carbocycles. The third-order valence-electron chi connectivity index (χ3n) is 4.58. The second-order valence-corrected chi connectivity index (χ2v) is 6.04. The molecule has 0 saturated carbocycles. The molecular weight excluding hydrogens is 288 g/mol. The molecule has 2 aromatic rings. The SMILES string of the molecule is CC[C@@H]1CCCCN1C(=O)c1ccc(-c2ccccc2)[nH]c1=O. The van der Waals surface area contributed by atoms with Crippen molar-refractivity contribution in [3.8, 4) is 11.3 Å². The van der Waals surface area contributed by atoms with Gasteiger partial charge in [0.15, 0.2) is 0 Å². The van der Waals surface area contributed by atoms with E-state index in [0.29, 0.717) is 0 Å². The summed E-state index contributed by atoms with van der Waals surface area (Å²) >= 11 is 0. The number of likely N-dealkylation sites (tertiary alicyclic amines) is 1. The van der Waals surface area contributed by atoms with Gasteiger partial charge in [-0.1, -0.05) is 37.3 Å². The number of rotatable bonds is 3. The van der Waals surface area contributed by atoms with Gasteiger partial charge in [-0.15, -0.1) is 0 Å². The smallest absolute Gasteiger partial charge is 0.261 e. The summed E-state index contributed by atoms with van der Waals surface area (Å²) in [5.41, 5.74) is 1.60. The predicted molar refractivity (Wildman–Crippen MR) is 91.5 cm³/mol. The van der Waals surface area contributed by atoms with Crippen molar-refractivity contribution in [2.75, 3.05) is 6.54 Å². The number of aromatic nitrogens is 1. The molecule has 3 rings (SSSR count). The third kappa shape index (κ3) is 3.21. The molecule has 1 fully saturated rings. The van der Waals surface area contributed by atoms with E-state index >= 15 is 0 Å². The maximum atomic E-state index is 12.7. The molecule has 4 heteroatoms. The van der Waals surface area contributed by atoms with E-state index in [4.69, 9.17) is 0 Å². The van der Waals surface area contributed by atoms with Gasteiger partial charge in [0.2, 0.25) is 0 Å². The highest BCUT2D eigenvalue weighted by molar-refractivity contribution is 5.94. The quantitative estimate of drug-likeness (QED) is 0.944. The predicted octanol–water partition coefficient (Wildman–Crippen LogP) is 3.45. The Morgan fingerprint density at radius 3 is 2.65 bits per heavy atom. The molecule has 1 atom stereocenters. The highest BCUT2D eigenvalue weighted by Crippen LogP contribution is 2.21. The van der Waals surface area contributed by atoms with Crippen LogP contribution in [0.3, 0.4) is 0 Å². The number of nitrogens with one attached hydrogen (secondary N) is 1. The minimum atomic E-state index is -0.309. The number of pyridine rings is 1. The second-order valence-electron chi connectivity index (χ2n) is 6.04. The number of hydrogen-bond acceptors (Lipinski definition) is 2. The number of H-pyrrole nitrogens is 1. The van der Waals surface area contributed by atoms with Crippen molar-refractivity contribution in [3.05, 3.63) is 58.4 Å². The highest BCUT2D eigenvalue weighted by Gasteiger charge is 2.27. The summed E-state index contributed by atoms with van der Waals surface area (Å²) in [6, 6.07) is 13.4. The molecule has 1 amide bonds. The van der Waals surface area contributed by atoms with E-state index in [2.05, 4.69) is 11.9 Å². The van der Waals surface area contributed by atoms with Gasteiger partial charge >= 0.3 is 0 Å². The molecule has 0 bridgehead atoms. The van der Waals surface area contributed by atoms with Crippen LogP contribution in [0.25, 0.3) is 11.3 Å². The van der Waals surface area contributed by atoms with Gasteiger partial charge in [0, 0.05) is 18.3 Å². The Hall–Kier alpha value is -2.36. The molecule has 0 radical (unpaired) electrons. The van der Waals surface area contributed by atoms with E-state index in [1.807, 2.05) is 41.3 Å². The number of carbonyl (C=O) groups is 1. The third-order valence-corrected chi connectivity index (χ3v) is 4.58. The molecule has 0 unspecified atom stereocenters. The summed E-state index contributed by atoms with van der Waals surface area (Å²) in [6.07, 6.45) is 4.14. The molecule has 1 aromatic heterocycles. The molecule has 23 heavy (non-hydrogen) atoms. The fourth-order valence-corrected chi connectivity index (χ4v) is 3.28. The van der Waals surface area contributed by atoms with Crippen molar-refractivity contribution in [2.24, 2.45) is 0 Å². The summed E-state index contributed by atoms with van der Waals surface area (Å²) in [6.45, 7) is 2.84. The van der Waals surface area contributed by atoms with Crippen LogP contribution in [-0.4, -0.2) is 28.4 Å². The first-order valence-electron chi connectivity index (χ1n) is 8.30. The van der Waals surface area contributed by atoms with Crippen LogP contribution in [0.1, 0.15) is 43.0 Å². The van der Waals surface area contributed by atoms with Gasteiger partial charge in [-0.25, -0.2) is 0 Å². The van der Waals surface area contributed by atoms with E-state index in [9.17, 15) is 9.59 Å². The maximum absolute atomic E-state index is 12.7. The minimum absolute atomic E-state index is 0.141. The van der Waals surface area contributed by atoms with Crippen LogP contribution in [-0.2, 0) is 0 Å². The number of amides is 1. The van der Waals surface area contributed by atoms with Crippen LogP contribution in [0.4, 0.5) is 0 Å². The lowest BCUT2D eigenvalue weighted by atomic mass is 9.99. The average Bonchev–Trinajstić information content (AvgIpc) is 2.61. The molecule has 2 heterocycles. The van der Waals surface area contributed by atoms with Gasteiger partial charge in [0.1, 0.15) is 5.56 Å². The van der Waals surface area contributed by atoms with E-state index in [1.54, 1.807) is 6.07 Å².